The monoisotopic (exact) mass is 607 g/mol. The van der Waals surface area contributed by atoms with Gasteiger partial charge in [0, 0.05) is 17.4 Å². The topological polar surface area (TPSA) is 47.6 Å². The van der Waals surface area contributed by atoms with E-state index in [0.29, 0.717) is 40.9 Å². The number of hydrogen-bond donors (Lipinski definition) is 1. The molecule has 43 heavy (non-hydrogen) atoms. The van der Waals surface area contributed by atoms with Gasteiger partial charge in [-0.05, 0) is 61.1 Å². The van der Waals surface area contributed by atoms with Crippen molar-refractivity contribution >= 4 is 13.9 Å². The van der Waals surface area contributed by atoms with E-state index in [-0.39, 0.29) is 22.5 Å². The van der Waals surface area contributed by atoms with Gasteiger partial charge in [-0.25, -0.2) is 0 Å². The Morgan fingerprint density at radius 3 is 2.09 bits per heavy atom. The van der Waals surface area contributed by atoms with Crippen LogP contribution in [0.5, 0.6) is 0 Å². The molecular weight excluding hydrogens is 547 g/mol. The summed E-state index contributed by atoms with van der Waals surface area (Å²) >= 11 is 0. The number of nitrogens with one attached hydrogen (secondary N) is 1. The zero-order chi connectivity index (χ0) is 31.4. The number of fused-ring (bicyclic) bond motifs is 2. The van der Waals surface area contributed by atoms with Crippen molar-refractivity contribution in [1.82, 2.24) is 5.32 Å². The molecular formula is C38H61NO3Si. The van der Waals surface area contributed by atoms with Crippen molar-refractivity contribution in [3.05, 3.63) is 47.2 Å². The first-order valence-electron chi connectivity index (χ1n) is 17.6. The quantitative estimate of drug-likeness (QED) is 0.269. The zero-order valence-corrected chi connectivity index (χ0v) is 30.0. The van der Waals surface area contributed by atoms with Gasteiger partial charge in [-0.2, -0.15) is 0 Å². The van der Waals surface area contributed by atoms with E-state index in [0.717, 1.165) is 25.3 Å². The first-order valence-corrected chi connectivity index (χ1v) is 20.0. The zero-order valence-electron chi connectivity index (χ0n) is 29.0. The van der Waals surface area contributed by atoms with Gasteiger partial charge in [-0.1, -0.05) is 129 Å². The number of hydrogen-bond acceptors (Lipinski definition) is 4. The highest BCUT2D eigenvalue weighted by Gasteiger charge is 2.62. The molecule has 5 heteroatoms. The number of carbonyl (C=O) groups is 1. The van der Waals surface area contributed by atoms with E-state index >= 15 is 4.79 Å². The van der Waals surface area contributed by atoms with Crippen LogP contribution in [0.15, 0.2) is 41.7 Å². The van der Waals surface area contributed by atoms with Gasteiger partial charge in [-0.15, -0.1) is 0 Å². The molecule has 2 bridgehead atoms. The van der Waals surface area contributed by atoms with Crippen LogP contribution in [0.4, 0.5) is 0 Å². The molecule has 4 nitrogen and oxygen atoms in total. The van der Waals surface area contributed by atoms with Crippen molar-refractivity contribution in [3.63, 3.8) is 0 Å². The molecule has 2 saturated carbocycles. The van der Waals surface area contributed by atoms with Gasteiger partial charge in [0.05, 0.1) is 20.2 Å². The summed E-state index contributed by atoms with van der Waals surface area (Å²) in [4.78, 5) is 15.1. The SMILES string of the molecule is CC(C)[Si](CC1=C(O[C@H]2OC[C@H]3CC[C@]2(C)C3(C)C)C(=O)[C@@](C)(NC2CCCCC2)[C@@H]1c1ccccc1)(C(C)C)C(C)C. The summed E-state index contributed by atoms with van der Waals surface area (Å²) in [6.07, 6.45) is 7.87. The Morgan fingerprint density at radius 2 is 1.51 bits per heavy atom. The molecule has 1 saturated heterocycles. The molecule has 0 spiro atoms. The van der Waals surface area contributed by atoms with Crippen LogP contribution in [-0.2, 0) is 14.3 Å². The fourth-order valence-electron chi connectivity index (χ4n) is 10.2. The fourth-order valence-corrected chi connectivity index (χ4v) is 16.5. The third-order valence-electron chi connectivity index (χ3n) is 13.6. The third-order valence-corrected chi connectivity index (χ3v) is 21.0. The van der Waals surface area contributed by atoms with Crippen LogP contribution >= 0.6 is 0 Å². The van der Waals surface area contributed by atoms with E-state index in [1.54, 1.807) is 0 Å². The maximum Gasteiger partial charge on any atom is 0.218 e. The van der Waals surface area contributed by atoms with Crippen LogP contribution in [0.25, 0.3) is 0 Å². The summed E-state index contributed by atoms with van der Waals surface area (Å²) in [5, 5.41) is 4.03. The van der Waals surface area contributed by atoms with Gasteiger partial charge in [-0.3, -0.25) is 4.79 Å². The molecule has 1 aliphatic heterocycles. The fraction of sp³-hybridized carbons (Fsp3) is 0.763. The molecule has 1 aromatic carbocycles. The van der Waals surface area contributed by atoms with Crippen LogP contribution in [-0.4, -0.2) is 38.3 Å². The second-order valence-corrected chi connectivity index (χ2v) is 22.7. The minimum atomic E-state index is -1.94. The molecule has 5 atom stereocenters. The van der Waals surface area contributed by atoms with Crippen molar-refractivity contribution < 1.29 is 14.3 Å². The van der Waals surface area contributed by atoms with E-state index in [4.69, 9.17) is 9.47 Å². The Bertz CT molecular complexity index is 1160. The summed E-state index contributed by atoms with van der Waals surface area (Å²) in [5.74, 6) is 1.27. The summed E-state index contributed by atoms with van der Waals surface area (Å²) in [7, 11) is -1.94. The van der Waals surface area contributed by atoms with Crippen molar-refractivity contribution in [2.24, 2.45) is 16.7 Å². The lowest BCUT2D eigenvalue weighted by Crippen LogP contribution is -2.56. The molecule has 4 aliphatic rings. The number of ketones is 1. The van der Waals surface area contributed by atoms with Crippen LogP contribution in [0.2, 0.25) is 22.7 Å². The Labute approximate surface area is 264 Å². The first-order chi connectivity index (χ1) is 20.2. The molecule has 1 N–H and O–H groups in total. The molecule has 1 heterocycles. The molecule has 0 aromatic heterocycles. The van der Waals surface area contributed by atoms with Gasteiger partial charge >= 0.3 is 0 Å². The van der Waals surface area contributed by atoms with Crippen molar-refractivity contribution in [2.45, 2.75) is 161 Å². The highest BCUT2D eigenvalue weighted by Crippen LogP contribution is 2.62. The molecule has 0 amide bonds. The van der Waals surface area contributed by atoms with E-state index in [1.807, 2.05) is 0 Å². The molecule has 240 valence electrons. The lowest BCUT2D eigenvalue weighted by molar-refractivity contribution is -0.248. The molecule has 3 aliphatic carbocycles. The standard InChI is InChI=1S/C38H61NO3Si/c1-25(2)43(26(3)4,27(5)6)24-31-32(28-17-13-11-14-18-28)38(10,39-30-19-15-12-16-20-30)34(40)33(31)42-35-37(9)22-21-29(23-41-35)36(37,7)8/h11,13-14,17-18,25-27,29-30,32,35,39H,12,15-16,19-24H2,1-10H3/t29-,32-,35-,37+,38+/m1/s1. The smallest absolute Gasteiger partial charge is 0.218 e. The van der Waals surface area contributed by atoms with Crippen LogP contribution in [0.3, 0.4) is 0 Å². The second kappa shape index (κ2) is 12.1. The van der Waals surface area contributed by atoms with Gasteiger partial charge in [0.15, 0.2) is 5.76 Å². The van der Waals surface area contributed by atoms with Gasteiger partial charge in [0.25, 0.3) is 0 Å². The predicted octanol–water partition coefficient (Wildman–Crippen LogP) is 9.78. The summed E-state index contributed by atoms with van der Waals surface area (Å²) < 4.78 is 13.7. The van der Waals surface area contributed by atoms with Crippen molar-refractivity contribution in [3.8, 4) is 0 Å². The highest BCUT2D eigenvalue weighted by atomic mass is 28.3. The highest BCUT2D eigenvalue weighted by molar-refractivity contribution is 6.84. The van der Waals surface area contributed by atoms with E-state index in [2.05, 4.69) is 105 Å². The Morgan fingerprint density at radius 1 is 0.907 bits per heavy atom. The number of benzene rings is 1. The van der Waals surface area contributed by atoms with E-state index in [1.165, 1.54) is 36.8 Å². The molecule has 3 fully saturated rings. The average molecular weight is 608 g/mol. The maximum atomic E-state index is 15.1. The summed E-state index contributed by atoms with van der Waals surface area (Å²) in [6, 6.07) is 12.2. The third kappa shape index (κ3) is 5.31. The van der Waals surface area contributed by atoms with Crippen LogP contribution in [0, 0.1) is 16.7 Å². The average Bonchev–Trinajstić information content (AvgIpc) is 3.19. The molecule has 5 rings (SSSR count). The number of carbonyl (C=O) groups excluding carboxylic acids is 1. The molecule has 0 unspecified atom stereocenters. The largest absolute Gasteiger partial charge is 0.461 e. The predicted molar refractivity (Wildman–Crippen MR) is 181 cm³/mol. The molecule has 0 radical (unpaired) electrons. The normalized spacial score (nSPS) is 33.3. The minimum absolute atomic E-state index is 0.0537. The van der Waals surface area contributed by atoms with Gasteiger partial charge in [0.2, 0.25) is 12.1 Å². The minimum Gasteiger partial charge on any atom is -0.461 e. The number of ether oxygens (including phenoxy) is 2. The lowest BCUT2D eigenvalue weighted by Gasteiger charge is -2.50. The summed E-state index contributed by atoms with van der Waals surface area (Å²) in [6.45, 7) is 24.7. The Kier molecular flexibility index (Phi) is 9.24. The first kappa shape index (κ1) is 32.9. The molecule has 1 aromatic rings. The van der Waals surface area contributed by atoms with E-state index < -0.39 is 19.9 Å². The van der Waals surface area contributed by atoms with Gasteiger partial charge < -0.3 is 14.8 Å². The maximum absolute atomic E-state index is 15.1. The second-order valence-electron chi connectivity index (χ2n) is 16.6. The van der Waals surface area contributed by atoms with Crippen LogP contribution < -0.4 is 5.32 Å². The van der Waals surface area contributed by atoms with E-state index in [9.17, 15) is 0 Å². The van der Waals surface area contributed by atoms with Crippen molar-refractivity contribution in [1.29, 1.82) is 0 Å². The summed E-state index contributed by atoms with van der Waals surface area (Å²) in [5.41, 5.74) is 3.46. The van der Waals surface area contributed by atoms with Crippen LogP contribution in [0.1, 0.15) is 126 Å². The van der Waals surface area contributed by atoms with Gasteiger partial charge in [0.1, 0.15) is 0 Å². The number of Topliss-reactive ketones (excluding diaryl/α,β-unsaturated/α-hetero) is 1. The number of rotatable bonds is 10. The van der Waals surface area contributed by atoms with Crippen molar-refractivity contribution in [2.75, 3.05) is 6.61 Å². The lowest BCUT2D eigenvalue weighted by atomic mass is 9.64. The Balaban J connectivity index is 1.68. The Hall–Kier alpha value is -1.43.